The van der Waals surface area contributed by atoms with E-state index in [-0.39, 0.29) is 12.3 Å². The molecule has 0 N–H and O–H groups in total. The average Bonchev–Trinajstić information content (AvgIpc) is 2.78. The third-order valence-electron chi connectivity index (χ3n) is 3.70. The molecule has 0 unspecified atom stereocenters. The molecule has 4 heteroatoms. The standard InChI is InChI=1S/C17H15NO3/c1-11-7-8-13(9-12(11)2)15(19)10-18-14-5-3-4-6-16(14)21-17(18)20/h3-9H,10H2,1-2H3. The van der Waals surface area contributed by atoms with E-state index in [1.807, 2.05) is 32.0 Å². The van der Waals surface area contributed by atoms with Gasteiger partial charge in [0.05, 0.1) is 12.1 Å². The number of hydrogen-bond donors (Lipinski definition) is 0. The molecule has 4 nitrogen and oxygen atoms in total. The number of benzene rings is 2. The number of aromatic nitrogens is 1. The van der Waals surface area contributed by atoms with Crippen molar-refractivity contribution in [2.24, 2.45) is 0 Å². The molecule has 0 aliphatic carbocycles. The smallest absolute Gasteiger partial charge is 0.408 e. The van der Waals surface area contributed by atoms with E-state index in [0.717, 1.165) is 11.1 Å². The van der Waals surface area contributed by atoms with Crippen molar-refractivity contribution in [3.63, 3.8) is 0 Å². The Hall–Kier alpha value is -2.62. The molecule has 3 rings (SSSR count). The van der Waals surface area contributed by atoms with Crippen LogP contribution in [0.5, 0.6) is 0 Å². The van der Waals surface area contributed by atoms with Crippen LogP contribution in [0.15, 0.2) is 51.7 Å². The van der Waals surface area contributed by atoms with Crippen LogP contribution in [0.3, 0.4) is 0 Å². The Labute approximate surface area is 121 Å². The molecular formula is C17H15NO3. The van der Waals surface area contributed by atoms with Gasteiger partial charge in [0.2, 0.25) is 0 Å². The molecule has 0 bridgehead atoms. The summed E-state index contributed by atoms with van der Waals surface area (Å²) < 4.78 is 6.50. The molecule has 0 fully saturated rings. The van der Waals surface area contributed by atoms with Crippen LogP contribution in [0.4, 0.5) is 0 Å². The van der Waals surface area contributed by atoms with Crippen molar-refractivity contribution in [2.75, 3.05) is 0 Å². The van der Waals surface area contributed by atoms with Gasteiger partial charge in [-0.1, -0.05) is 24.3 Å². The molecule has 0 aliphatic rings. The predicted octanol–water partition coefficient (Wildman–Crippen LogP) is 3.09. The summed E-state index contributed by atoms with van der Waals surface area (Å²) in [5.41, 5.74) is 3.94. The highest BCUT2D eigenvalue weighted by atomic mass is 16.4. The van der Waals surface area contributed by atoms with E-state index in [0.29, 0.717) is 16.7 Å². The summed E-state index contributed by atoms with van der Waals surface area (Å²) in [6.07, 6.45) is 0. The lowest BCUT2D eigenvalue weighted by molar-refractivity contribution is 0.0970. The van der Waals surface area contributed by atoms with Gasteiger partial charge in [0.1, 0.15) is 0 Å². The van der Waals surface area contributed by atoms with Crippen LogP contribution < -0.4 is 5.76 Å². The Morgan fingerprint density at radius 1 is 1.10 bits per heavy atom. The van der Waals surface area contributed by atoms with Crippen molar-refractivity contribution in [3.05, 3.63) is 69.7 Å². The van der Waals surface area contributed by atoms with Crippen molar-refractivity contribution >= 4 is 16.9 Å². The Morgan fingerprint density at radius 3 is 2.62 bits per heavy atom. The fourth-order valence-corrected chi connectivity index (χ4v) is 2.31. The number of rotatable bonds is 3. The molecule has 0 radical (unpaired) electrons. The maximum absolute atomic E-state index is 12.4. The van der Waals surface area contributed by atoms with Gasteiger partial charge in [-0.25, -0.2) is 4.79 Å². The number of carbonyl (C=O) groups excluding carboxylic acids is 1. The maximum Gasteiger partial charge on any atom is 0.420 e. The molecular weight excluding hydrogens is 266 g/mol. The highest BCUT2D eigenvalue weighted by Gasteiger charge is 2.14. The van der Waals surface area contributed by atoms with E-state index in [9.17, 15) is 9.59 Å². The maximum atomic E-state index is 12.4. The molecule has 106 valence electrons. The molecule has 21 heavy (non-hydrogen) atoms. The number of ketones is 1. The second-order valence-electron chi connectivity index (χ2n) is 5.14. The van der Waals surface area contributed by atoms with E-state index in [4.69, 9.17) is 4.42 Å². The van der Waals surface area contributed by atoms with E-state index in [2.05, 4.69) is 0 Å². The second kappa shape index (κ2) is 5.05. The van der Waals surface area contributed by atoms with Crippen LogP contribution in [0.2, 0.25) is 0 Å². The molecule has 0 spiro atoms. The summed E-state index contributed by atoms with van der Waals surface area (Å²) in [5, 5.41) is 0. The van der Waals surface area contributed by atoms with Gasteiger partial charge in [0, 0.05) is 5.56 Å². The topological polar surface area (TPSA) is 52.2 Å². The first-order valence-corrected chi connectivity index (χ1v) is 6.75. The van der Waals surface area contributed by atoms with E-state index < -0.39 is 5.76 Å². The van der Waals surface area contributed by atoms with Gasteiger partial charge in [0.15, 0.2) is 11.4 Å². The number of carbonyl (C=O) groups is 1. The van der Waals surface area contributed by atoms with Crippen molar-refractivity contribution in [1.82, 2.24) is 4.57 Å². The minimum Gasteiger partial charge on any atom is -0.408 e. The van der Waals surface area contributed by atoms with Gasteiger partial charge in [-0.2, -0.15) is 0 Å². The first kappa shape index (κ1) is 13.4. The Balaban J connectivity index is 1.98. The molecule has 0 amide bonds. The number of nitrogens with zero attached hydrogens (tertiary/aromatic N) is 1. The van der Waals surface area contributed by atoms with E-state index >= 15 is 0 Å². The van der Waals surface area contributed by atoms with Crippen molar-refractivity contribution in [3.8, 4) is 0 Å². The Morgan fingerprint density at radius 2 is 1.86 bits per heavy atom. The monoisotopic (exact) mass is 281 g/mol. The number of fused-ring (bicyclic) bond motifs is 1. The van der Waals surface area contributed by atoms with Gasteiger partial charge < -0.3 is 4.42 Å². The first-order valence-electron chi connectivity index (χ1n) is 6.75. The van der Waals surface area contributed by atoms with Crippen LogP contribution in [0.1, 0.15) is 21.5 Å². The lowest BCUT2D eigenvalue weighted by atomic mass is 10.0. The molecule has 2 aromatic carbocycles. The molecule has 0 saturated heterocycles. The summed E-state index contributed by atoms with van der Waals surface area (Å²) in [6, 6.07) is 12.7. The zero-order valence-electron chi connectivity index (χ0n) is 11.9. The molecule has 3 aromatic rings. The SMILES string of the molecule is Cc1ccc(C(=O)Cn2c(=O)oc3ccccc32)cc1C. The molecule has 1 aromatic heterocycles. The van der Waals surface area contributed by atoms with Crippen LogP contribution in [0, 0.1) is 13.8 Å². The lowest BCUT2D eigenvalue weighted by Crippen LogP contribution is -2.20. The molecule has 0 aliphatic heterocycles. The number of para-hydroxylation sites is 2. The van der Waals surface area contributed by atoms with E-state index in [1.165, 1.54) is 4.57 Å². The van der Waals surface area contributed by atoms with Crippen molar-refractivity contribution < 1.29 is 9.21 Å². The van der Waals surface area contributed by atoms with Crippen molar-refractivity contribution in [1.29, 1.82) is 0 Å². The summed E-state index contributed by atoms with van der Waals surface area (Å²) >= 11 is 0. The fourth-order valence-electron chi connectivity index (χ4n) is 2.31. The number of oxazole rings is 1. The third kappa shape index (κ3) is 2.40. The summed E-state index contributed by atoms with van der Waals surface area (Å²) in [4.78, 5) is 24.2. The first-order chi connectivity index (χ1) is 10.1. The van der Waals surface area contributed by atoms with Gasteiger partial charge in [0.25, 0.3) is 0 Å². The zero-order valence-corrected chi connectivity index (χ0v) is 11.9. The lowest BCUT2D eigenvalue weighted by Gasteiger charge is -2.05. The molecule has 1 heterocycles. The van der Waals surface area contributed by atoms with Crippen LogP contribution >= 0.6 is 0 Å². The zero-order chi connectivity index (χ0) is 15.0. The van der Waals surface area contributed by atoms with Crippen LogP contribution in [-0.2, 0) is 6.54 Å². The van der Waals surface area contributed by atoms with Crippen LogP contribution in [-0.4, -0.2) is 10.4 Å². The Kier molecular flexibility index (Phi) is 3.22. The Bertz CT molecular complexity index is 886. The van der Waals surface area contributed by atoms with Gasteiger partial charge in [-0.15, -0.1) is 0 Å². The highest BCUT2D eigenvalue weighted by molar-refractivity contribution is 5.96. The summed E-state index contributed by atoms with van der Waals surface area (Å²) in [6.45, 7) is 3.95. The van der Waals surface area contributed by atoms with Gasteiger partial charge in [-0.05, 0) is 43.2 Å². The quantitative estimate of drug-likeness (QED) is 0.693. The number of aryl methyl sites for hydroxylation is 2. The van der Waals surface area contributed by atoms with Gasteiger partial charge >= 0.3 is 5.76 Å². The van der Waals surface area contributed by atoms with Crippen molar-refractivity contribution in [2.45, 2.75) is 20.4 Å². The highest BCUT2D eigenvalue weighted by Crippen LogP contribution is 2.14. The van der Waals surface area contributed by atoms with Crippen LogP contribution in [0.25, 0.3) is 11.1 Å². The van der Waals surface area contributed by atoms with Gasteiger partial charge in [-0.3, -0.25) is 9.36 Å². The van der Waals surface area contributed by atoms with E-state index in [1.54, 1.807) is 24.3 Å². The number of Topliss-reactive ketones (excluding diaryl/α,β-unsaturated/α-hetero) is 1. The average molecular weight is 281 g/mol. The third-order valence-corrected chi connectivity index (χ3v) is 3.70. The summed E-state index contributed by atoms with van der Waals surface area (Å²) in [5.74, 6) is -0.611. The number of hydrogen-bond acceptors (Lipinski definition) is 3. The fraction of sp³-hybridized carbons (Fsp3) is 0.176. The summed E-state index contributed by atoms with van der Waals surface area (Å²) in [7, 11) is 0. The largest absolute Gasteiger partial charge is 0.420 e. The molecule has 0 saturated carbocycles. The second-order valence-corrected chi connectivity index (χ2v) is 5.14. The predicted molar refractivity (Wildman–Crippen MR) is 80.7 cm³/mol. The minimum absolute atomic E-state index is 0.0155. The minimum atomic E-state index is -0.506. The normalized spacial score (nSPS) is 11.0. The molecule has 0 atom stereocenters.